The van der Waals surface area contributed by atoms with Crippen molar-refractivity contribution in [1.29, 1.82) is 0 Å². The van der Waals surface area contributed by atoms with Crippen LogP contribution in [-0.2, 0) is 44.8 Å². The summed E-state index contributed by atoms with van der Waals surface area (Å²) in [7, 11) is 1.18. The Balaban J connectivity index is 1.99. The van der Waals surface area contributed by atoms with Crippen molar-refractivity contribution in [2.24, 2.45) is 11.3 Å². The van der Waals surface area contributed by atoms with E-state index in [1.165, 1.54) is 7.11 Å². The summed E-state index contributed by atoms with van der Waals surface area (Å²) >= 11 is 0. The third kappa shape index (κ3) is 11.0. The van der Waals surface area contributed by atoms with Crippen LogP contribution in [0.1, 0.15) is 92.1 Å². The van der Waals surface area contributed by atoms with Crippen molar-refractivity contribution < 1.29 is 48.1 Å². The van der Waals surface area contributed by atoms with Crippen LogP contribution < -0.4 is 5.32 Å². The van der Waals surface area contributed by atoms with Gasteiger partial charge in [-0.25, -0.2) is 14.5 Å². The number of carbonyl (C=O) groups excluding carboxylic acids is 5. The molecule has 13 heteroatoms. The SMILES string of the molecule is COC(=O)[C@H](CO)N(Cc1ccccc1)OC(=O)C1(C[C@@H](CN(C(=O)OC(C)(C)C)C(=O)[C@@H]2CCCN2)C(=O)OC(C)(C)C)CCCC1. The van der Waals surface area contributed by atoms with E-state index in [2.05, 4.69) is 5.32 Å². The van der Waals surface area contributed by atoms with Gasteiger partial charge in [-0.1, -0.05) is 43.2 Å². The number of imide groups is 1. The van der Waals surface area contributed by atoms with E-state index in [9.17, 15) is 29.1 Å². The second-order valence-electron chi connectivity index (χ2n) is 14.7. The van der Waals surface area contributed by atoms with Gasteiger partial charge in [0, 0.05) is 6.54 Å². The van der Waals surface area contributed by atoms with E-state index in [1.54, 1.807) is 65.8 Å². The minimum Gasteiger partial charge on any atom is -0.468 e. The van der Waals surface area contributed by atoms with Gasteiger partial charge < -0.3 is 29.5 Å². The number of amides is 2. The Kier molecular flexibility index (Phi) is 13.5. The lowest BCUT2D eigenvalue weighted by atomic mass is 9.77. The molecule has 2 N–H and O–H groups in total. The fourth-order valence-electron chi connectivity index (χ4n) is 6.09. The van der Waals surface area contributed by atoms with Crippen LogP contribution in [0.2, 0.25) is 0 Å². The van der Waals surface area contributed by atoms with E-state index in [4.69, 9.17) is 19.0 Å². The van der Waals surface area contributed by atoms with Gasteiger partial charge in [0.25, 0.3) is 0 Å². The number of hydroxylamine groups is 2. The zero-order chi connectivity index (χ0) is 35.7. The van der Waals surface area contributed by atoms with Crippen LogP contribution in [0.15, 0.2) is 30.3 Å². The summed E-state index contributed by atoms with van der Waals surface area (Å²) in [4.78, 5) is 74.9. The Morgan fingerprint density at radius 1 is 0.938 bits per heavy atom. The van der Waals surface area contributed by atoms with Gasteiger partial charge in [0.1, 0.15) is 11.2 Å². The molecule has 1 aliphatic heterocycles. The van der Waals surface area contributed by atoms with Gasteiger partial charge in [-0.3, -0.25) is 14.4 Å². The van der Waals surface area contributed by atoms with Crippen molar-refractivity contribution in [3.63, 3.8) is 0 Å². The van der Waals surface area contributed by atoms with Gasteiger partial charge in [-0.05, 0) is 85.8 Å². The minimum atomic E-state index is -1.31. The van der Waals surface area contributed by atoms with Gasteiger partial charge in [-0.15, -0.1) is 5.06 Å². The monoisotopic (exact) mass is 675 g/mol. The molecule has 3 atom stereocenters. The first kappa shape index (κ1) is 38.9. The summed E-state index contributed by atoms with van der Waals surface area (Å²) in [5.74, 6) is -3.79. The van der Waals surface area contributed by atoms with Crippen molar-refractivity contribution in [2.75, 3.05) is 26.8 Å². The van der Waals surface area contributed by atoms with Gasteiger partial charge >= 0.3 is 24.0 Å². The van der Waals surface area contributed by atoms with E-state index >= 15 is 0 Å². The number of aliphatic hydroxyl groups excluding tert-OH is 1. The standard InChI is InChI=1S/C35H53N3O10/c1-33(2,3)46-29(41)25(22-37(32(44)47-34(4,5)6)28(40)26-16-13-19-36-26)20-35(17-11-12-18-35)31(43)48-38(27(23-39)30(42)45-7)21-24-14-9-8-10-15-24/h8-10,14-15,25-27,36,39H,11-13,16-23H2,1-7H3/t25-,26-,27-/m0/s1. The zero-order valence-corrected chi connectivity index (χ0v) is 29.4. The molecule has 1 saturated carbocycles. The number of hydrogen-bond acceptors (Lipinski definition) is 12. The van der Waals surface area contributed by atoms with Crippen LogP contribution >= 0.6 is 0 Å². The summed E-state index contributed by atoms with van der Waals surface area (Å²) in [6, 6.07) is 7.06. The Morgan fingerprint density at radius 2 is 1.56 bits per heavy atom. The quantitative estimate of drug-likeness (QED) is 0.177. The highest BCUT2D eigenvalue weighted by Gasteiger charge is 2.49. The second kappa shape index (κ2) is 16.7. The van der Waals surface area contributed by atoms with Crippen LogP contribution in [0.5, 0.6) is 0 Å². The Morgan fingerprint density at radius 3 is 2.08 bits per heavy atom. The highest BCUT2D eigenvalue weighted by atomic mass is 16.7. The molecule has 0 spiro atoms. The van der Waals surface area contributed by atoms with Crippen LogP contribution in [-0.4, -0.2) is 95.1 Å². The van der Waals surface area contributed by atoms with Gasteiger partial charge in [0.15, 0.2) is 6.04 Å². The molecule has 3 rings (SSSR count). The highest BCUT2D eigenvalue weighted by molar-refractivity contribution is 5.96. The van der Waals surface area contributed by atoms with Gasteiger partial charge in [-0.2, -0.15) is 0 Å². The fraction of sp³-hybridized carbons (Fsp3) is 0.686. The zero-order valence-electron chi connectivity index (χ0n) is 29.4. The van der Waals surface area contributed by atoms with Crippen LogP contribution in [0.4, 0.5) is 4.79 Å². The van der Waals surface area contributed by atoms with Crippen molar-refractivity contribution in [3.05, 3.63) is 35.9 Å². The molecule has 0 radical (unpaired) electrons. The summed E-state index contributed by atoms with van der Waals surface area (Å²) in [6.45, 7) is 9.74. The fourth-order valence-corrected chi connectivity index (χ4v) is 6.09. The number of hydrogen-bond donors (Lipinski definition) is 2. The molecule has 0 unspecified atom stereocenters. The average Bonchev–Trinajstić information content (AvgIpc) is 3.71. The largest absolute Gasteiger partial charge is 0.468 e. The van der Waals surface area contributed by atoms with E-state index in [1.807, 2.05) is 6.07 Å². The van der Waals surface area contributed by atoms with Gasteiger partial charge in [0.2, 0.25) is 5.91 Å². The van der Waals surface area contributed by atoms with E-state index in [0.29, 0.717) is 44.2 Å². The van der Waals surface area contributed by atoms with Crippen molar-refractivity contribution in [3.8, 4) is 0 Å². The predicted octanol–water partition coefficient (Wildman–Crippen LogP) is 3.90. The van der Waals surface area contributed by atoms with Crippen LogP contribution in [0.3, 0.4) is 0 Å². The maximum absolute atomic E-state index is 14.3. The molecule has 1 saturated heterocycles. The van der Waals surface area contributed by atoms with Gasteiger partial charge in [0.05, 0.1) is 37.6 Å². The number of nitrogens with one attached hydrogen (secondary N) is 1. The molecule has 1 aliphatic carbocycles. The van der Waals surface area contributed by atoms with E-state index < -0.39 is 71.1 Å². The predicted molar refractivity (Wildman–Crippen MR) is 175 cm³/mol. The highest BCUT2D eigenvalue weighted by Crippen LogP contribution is 2.45. The summed E-state index contributed by atoms with van der Waals surface area (Å²) in [5.41, 5.74) is -2.32. The number of aliphatic hydroxyl groups is 1. The van der Waals surface area contributed by atoms with Crippen LogP contribution in [0.25, 0.3) is 0 Å². The number of carbonyl (C=O) groups is 5. The number of nitrogens with zero attached hydrogens (tertiary/aromatic N) is 2. The first-order chi connectivity index (χ1) is 22.5. The van der Waals surface area contributed by atoms with E-state index in [-0.39, 0.29) is 19.5 Å². The summed E-state index contributed by atoms with van der Waals surface area (Å²) in [5, 5.41) is 14.4. The molecule has 2 fully saturated rings. The first-order valence-corrected chi connectivity index (χ1v) is 16.7. The number of benzene rings is 1. The molecule has 0 bridgehead atoms. The average molecular weight is 676 g/mol. The number of ether oxygens (including phenoxy) is 3. The van der Waals surface area contributed by atoms with E-state index in [0.717, 1.165) is 16.4 Å². The summed E-state index contributed by atoms with van der Waals surface area (Å²) < 4.78 is 16.3. The molecule has 268 valence electrons. The Hall–Kier alpha value is -3.55. The molecule has 2 amide bonds. The normalized spacial score (nSPS) is 18.9. The molecule has 1 aromatic rings. The second-order valence-corrected chi connectivity index (χ2v) is 14.7. The maximum Gasteiger partial charge on any atom is 0.417 e. The molecule has 13 nitrogen and oxygen atoms in total. The lowest BCUT2D eigenvalue weighted by molar-refractivity contribution is -0.225. The van der Waals surface area contributed by atoms with Crippen molar-refractivity contribution >= 4 is 29.9 Å². The van der Waals surface area contributed by atoms with Crippen molar-refractivity contribution in [1.82, 2.24) is 15.3 Å². The molecular weight excluding hydrogens is 622 g/mol. The Bertz CT molecular complexity index is 1260. The summed E-state index contributed by atoms with van der Waals surface area (Å²) in [6.07, 6.45) is 2.33. The third-order valence-electron chi connectivity index (χ3n) is 8.39. The number of methoxy groups -OCH3 is 1. The molecule has 0 aromatic heterocycles. The molecule has 48 heavy (non-hydrogen) atoms. The topological polar surface area (TPSA) is 161 Å². The molecule has 2 aliphatic rings. The molecular formula is C35H53N3O10. The minimum absolute atomic E-state index is 0.0200. The van der Waals surface area contributed by atoms with Crippen molar-refractivity contribution in [2.45, 2.75) is 116 Å². The first-order valence-electron chi connectivity index (χ1n) is 16.7. The number of rotatable bonds is 13. The maximum atomic E-state index is 14.3. The smallest absolute Gasteiger partial charge is 0.417 e. The lowest BCUT2D eigenvalue weighted by Crippen LogP contribution is -2.52. The lowest BCUT2D eigenvalue weighted by Gasteiger charge is -2.36. The molecule has 1 aromatic carbocycles. The third-order valence-corrected chi connectivity index (χ3v) is 8.39. The Labute approximate surface area is 283 Å². The van der Waals surface area contributed by atoms with Crippen LogP contribution in [0, 0.1) is 11.3 Å². The number of esters is 2. The molecule has 1 heterocycles.